The highest BCUT2D eigenvalue weighted by molar-refractivity contribution is 5.88. The number of ketones is 1. The number of hydrogen-bond acceptors (Lipinski definition) is 3. The van der Waals surface area contributed by atoms with Gasteiger partial charge >= 0.3 is 0 Å². The molecule has 0 aliphatic heterocycles. The van der Waals surface area contributed by atoms with Gasteiger partial charge in [0.25, 0.3) is 0 Å². The molecule has 0 aliphatic rings. The molecule has 0 amide bonds. The quantitative estimate of drug-likeness (QED) is 0.656. The molecule has 0 saturated carbocycles. The van der Waals surface area contributed by atoms with Crippen molar-refractivity contribution in [2.24, 2.45) is 0 Å². The molecule has 0 radical (unpaired) electrons. The highest BCUT2D eigenvalue weighted by atomic mass is 16.5. The zero-order chi connectivity index (χ0) is 13.7. The molecule has 0 aromatic rings. The second-order valence-electron chi connectivity index (χ2n) is 5.52. The molecule has 0 atom stereocenters. The molecule has 3 heteroatoms. The molecule has 102 valence electrons. The normalized spacial score (nSPS) is 13.2. The summed E-state index contributed by atoms with van der Waals surface area (Å²) in [6.45, 7) is 8.22. The van der Waals surface area contributed by atoms with Crippen LogP contribution in [0.5, 0.6) is 0 Å². The Balaban J connectivity index is 4.66. The van der Waals surface area contributed by atoms with E-state index in [0.29, 0.717) is 12.2 Å². The summed E-state index contributed by atoms with van der Waals surface area (Å²) in [6, 6.07) is 0. The van der Waals surface area contributed by atoms with Crippen molar-refractivity contribution < 1.29 is 9.53 Å². The Labute approximate surface area is 107 Å². The molecule has 0 aromatic carbocycles. The molecule has 0 unspecified atom stereocenters. The zero-order valence-electron chi connectivity index (χ0n) is 12.6. The van der Waals surface area contributed by atoms with Crippen LogP contribution < -0.4 is 0 Å². The van der Waals surface area contributed by atoms with Gasteiger partial charge in [-0.15, -0.1) is 0 Å². The molecule has 0 N–H and O–H groups in total. The average molecular weight is 243 g/mol. The van der Waals surface area contributed by atoms with Crippen LogP contribution in [0.15, 0.2) is 0 Å². The molecule has 0 bridgehead atoms. The van der Waals surface area contributed by atoms with Gasteiger partial charge in [-0.3, -0.25) is 9.69 Å². The summed E-state index contributed by atoms with van der Waals surface area (Å²) in [6.07, 6.45) is 3.09. The largest absolute Gasteiger partial charge is 0.379 e. The first kappa shape index (κ1) is 16.6. The smallest absolute Gasteiger partial charge is 0.153 e. The minimum Gasteiger partial charge on any atom is -0.379 e. The zero-order valence-corrected chi connectivity index (χ0v) is 12.6. The maximum atomic E-state index is 12.4. The lowest BCUT2D eigenvalue weighted by Gasteiger charge is -2.37. The maximum absolute atomic E-state index is 12.4. The minimum absolute atomic E-state index is 0.213. The van der Waals surface area contributed by atoms with Crippen LogP contribution in [0.4, 0.5) is 0 Å². The van der Waals surface area contributed by atoms with E-state index >= 15 is 0 Å². The van der Waals surface area contributed by atoms with E-state index < -0.39 is 0 Å². The molecule has 17 heavy (non-hydrogen) atoms. The summed E-state index contributed by atoms with van der Waals surface area (Å²) >= 11 is 0. The molecular formula is C14H29NO2. The van der Waals surface area contributed by atoms with Crippen LogP contribution in [-0.4, -0.2) is 43.0 Å². The molecule has 3 nitrogen and oxygen atoms in total. The Morgan fingerprint density at radius 2 is 1.65 bits per heavy atom. The van der Waals surface area contributed by atoms with Gasteiger partial charge in [-0.2, -0.15) is 0 Å². The number of carbonyl (C=O) groups excluding carboxylic acids is 1. The van der Waals surface area contributed by atoms with E-state index in [4.69, 9.17) is 4.74 Å². The van der Waals surface area contributed by atoms with Crippen molar-refractivity contribution >= 4 is 5.78 Å². The van der Waals surface area contributed by atoms with Gasteiger partial charge in [0, 0.05) is 13.5 Å². The van der Waals surface area contributed by atoms with E-state index in [1.807, 2.05) is 27.9 Å². The number of hydrogen-bond donors (Lipinski definition) is 0. The second kappa shape index (κ2) is 6.50. The lowest BCUT2D eigenvalue weighted by molar-refractivity contribution is -0.131. The number of ether oxygens (including phenoxy) is 1. The standard InChI is InChI=1S/C14H29NO2/c1-8-14(9-2,15(5)6)12(16)10-11-13(3,4)17-7/h8-11H2,1-7H3. The summed E-state index contributed by atoms with van der Waals surface area (Å²) in [5.41, 5.74) is -0.515. The summed E-state index contributed by atoms with van der Waals surface area (Å²) in [7, 11) is 5.68. The topological polar surface area (TPSA) is 29.5 Å². The van der Waals surface area contributed by atoms with E-state index in [9.17, 15) is 4.79 Å². The van der Waals surface area contributed by atoms with Gasteiger partial charge in [0.05, 0.1) is 11.1 Å². The van der Waals surface area contributed by atoms with E-state index in [1.54, 1.807) is 7.11 Å². The third-order valence-corrected chi connectivity index (χ3v) is 4.05. The number of nitrogens with zero attached hydrogens (tertiary/aromatic N) is 1. The van der Waals surface area contributed by atoms with Crippen molar-refractivity contribution in [3.8, 4) is 0 Å². The van der Waals surface area contributed by atoms with Crippen molar-refractivity contribution in [3.05, 3.63) is 0 Å². The Morgan fingerprint density at radius 1 is 1.18 bits per heavy atom. The van der Waals surface area contributed by atoms with Crippen molar-refractivity contribution in [1.82, 2.24) is 4.90 Å². The SMILES string of the molecule is CCC(CC)(C(=O)CCC(C)(C)OC)N(C)C. The van der Waals surface area contributed by atoms with Gasteiger partial charge in [-0.05, 0) is 47.2 Å². The molecule has 0 aromatic heterocycles. The molecule has 0 rings (SSSR count). The number of likely N-dealkylation sites (N-methyl/N-ethyl adjacent to an activating group) is 1. The molecule has 0 saturated heterocycles. The lowest BCUT2D eigenvalue weighted by Crippen LogP contribution is -2.50. The van der Waals surface area contributed by atoms with Crippen LogP contribution in [0, 0.1) is 0 Å². The van der Waals surface area contributed by atoms with Gasteiger partial charge in [-0.1, -0.05) is 13.8 Å². The van der Waals surface area contributed by atoms with Gasteiger partial charge in [-0.25, -0.2) is 0 Å². The van der Waals surface area contributed by atoms with Gasteiger partial charge < -0.3 is 4.74 Å². The summed E-state index contributed by atoms with van der Waals surface area (Å²) in [5, 5.41) is 0. The van der Waals surface area contributed by atoms with Crippen LogP contribution in [0.3, 0.4) is 0 Å². The van der Waals surface area contributed by atoms with Crippen LogP contribution in [0.1, 0.15) is 53.4 Å². The molecule has 0 heterocycles. The molecule has 0 spiro atoms. The van der Waals surface area contributed by atoms with Crippen molar-refractivity contribution in [3.63, 3.8) is 0 Å². The van der Waals surface area contributed by atoms with Crippen LogP contribution in [0.2, 0.25) is 0 Å². The second-order valence-corrected chi connectivity index (χ2v) is 5.52. The Kier molecular flexibility index (Phi) is 6.35. The lowest BCUT2D eigenvalue weighted by atomic mass is 9.83. The van der Waals surface area contributed by atoms with Crippen molar-refractivity contribution in [2.75, 3.05) is 21.2 Å². The average Bonchev–Trinajstić information content (AvgIpc) is 2.28. The van der Waals surface area contributed by atoms with Gasteiger partial charge in [0.1, 0.15) is 0 Å². The molecular weight excluding hydrogens is 214 g/mol. The highest BCUT2D eigenvalue weighted by Gasteiger charge is 2.37. The first-order chi connectivity index (χ1) is 7.75. The van der Waals surface area contributed by atoms with E-state index in [-0.39, 0.29) is 11.1 Å². The summed E-state index contributed by atoms with van der Waals surface area (Å²) < 4.78 is 5.36. The summed E-state index contributed by atoms with van der Waals surface area (Å²) in [5.74, 6) is 0.331. The minimum atomic E-state index is -0.302. The van der Waals surface area contributed by atoms with Gasteiger partial charge in [0.15, 0.2) is 5.78 Å². The van der Waals surface area contributed by atoms with Crippen LogP contribution in [-0.2, 0) is 9.53 Å². The third kappa shape index (κ3) is 4.07. The highest BCUT2D eigenvalue weighted by Crippen LogP contribution is 2.26. The van der Waals surface area contributed by atoms with Crippen molar-refractivity contribution in [1.29, 1.82) is 0 Å². The number of Topliss-reactive ketones (excluding diaryl/α,β-unsaturated/α-hetero) is 1. The molecule has 0 aliphatic carbocycles. The Morgan fingerprint density at radius 3 is 1.94 bits per heavy atom. The van der Waals surface area contributed by atoms with E-state index in [0.717, 1.165) is 19.3 Å². The predicted molar refractivity (Wildman–Crippen MR) is 72.3 cm³/mol. The first-order valence-corrected chi connectivity index (χ1v) is 6.51. The number of rotatable bonds is 8. The first-order valence-electron chi connectivity index (χ1n) is 6.51. The van der Waals surface area contributed by atoms with E-state index in [2.05, 4.69) is 18.7 Å². The monoisotopic (exact) mass is 243 g/mol. The fraction of sp³-hybridized carbons (Fsp3) is 0.929. The summed E-state index contributed by atoms with van der Waals surface area (Å²) in [4.78, 5) is 14.5. The third-order valence-electron chi connectivity index (χ3n) is 4.05. The number of carbonyl (C=O) groups is 1. The maximum Gasteiger partial charge on any atom is 0.153 e. The van der Waals surface area contributed by atoms with E-state index in [1.165, 1.54) is 0 Å². The van der Waals surface area contributed by atoms with Crippen LogP contribution in [0.25, 0.3) is 0 Å². The van der Waals surface area contributed by atoms with Crippen molar-refractivity contribution in [2.45, 2.75) is 64.5 Å². The predicted octanol–water partition coefficient (Wildman–Crippen LogP) is 2.88. The Bertz CT molecular complexity index is 243. The van der Waals surface area contributed by atoms with Crippen LogP contribution >= 0.6 is 0 Å². The fourth-order valence-corrected chi connectivity index (χ4v) is 2.28. The fourth-order valence-electron chi connectivity index (χ4n) is 2.28. The number of methoxy groups -OCH3 is 1. The Hall–Kier alpha value is -0.410. The van der Waals surface area contributed by atoms with Gasteiger partial charge in [0.2, 0.25) is 0 Å². The molecule has 0 fully saturated rings.